The standard InChI is InChI=1S/C14H12O6/c15-10(16)6-5-9(14(19)20)11-12(17)7-3-1-2-4-8(7)13(11)18/h1-4,9,11H,5-6H2,(H,15,16)(H,19,20). The van der Waals surface area contributed by atoms with Crippen LogP contribution < -0.4 is 0 Å². The van der Waals surface area contributed by atoms with E-state index in [1.54, 1.807) is 12.1 Å². The molecule has 0 saturated carbocycles. The SMILES string of the molecule is O=C(O)CCC(C(=O)O)C1C(=O)c2ccccc2C1=O. The maximum atomic E-state index is 12.2. The number of carboxylic acid groups (broad SMARTS) is 2. The fraction of sp³-hybridized carbons (Fsp3) is 0.286. The molecule has 1 aliphatic rings. The topological polar surface area (TPSA) is 109 Å². The summed E-state index contributed by atoms with van der Waals surface area (Å²) in [6.45, 7) is 0. The molecule has 6 heteroatoms. The van der Waals surface area contributed by atoms with Crippen molar-refractivity contribution in [3.63, 3.8) is 0 Å². The van der Waals surface area contributed by atoms with E-state index in [4.69, 9.17) is 10.2 Å². The normalized spacial score (nSPS) is 16.0. The molecule has 0 radical (unpaired) electrons. The first-order valence-corrected chi connectivity index (χ1v) is 6.05. The van der Waals surface area contributed by atoms with Gasteiger partial charge in [0, 0.05) is 17.5 Å². The second-order valence-corrected chi connectivity index (χ2v) is 4.63. The zero-order chi connectivity index (χ0) is 14.9. The van der Waals surface area contributed by atoms with Gasteiger partial charge in [-0.3, -0.25) is 19.2 Å². The number of benzene rings is 1. The average Bonchev–Trinajstić information content (AvgIpc) is 2.64. The first kappa shape index (κ1) is 13.9. The van der Waals surface area contributed by atoms with E-state index in [9.17, 15) is 19.2 Å². The van der Waals surface area contributed by atoms with Crippen LogP contribution in [0.5, 0.6) is 0 Å². The molecule has 2 N–H and O–H groups in total. The van der Waals surface area contributed by atoms with Crippen LogP contribution >= 0.6 is 0 Å². The van der Waals surface area contributed by atoms with E-state index in [-0.39, 0.29) is 17.5 Å². The molecule has 0 amide bonds. The van der Waals surface area contributed by atoms with Crippen molar-refractivity contribution in [1.82, 2.24) is 0 Å². The van der Waals surface area contributed by atoms with Gasteiger partial charge < -0.3 is 10.2 Å². The number of aliphatic carboxylic acids is 2. The van der Waals surface area contributed by atoms with Gasteiger partial charge in [-0.25, -0.2) is 0 Å². The van der Waals surface area contributed by atoms with Crippen molar-refractivity contribution >= 4 is 23.5 Å². The van der Waals surface area contributed by atoms with Gasteiger partial charge in [0.15, 0.2) is 11.6 Å². The summed E-state index contributed by atoms with van der Waals surface area (Å²) in [7, 11) is 0. The molecule has 1 aliphatic carbocycles. The third-order valence-electron chi connectivity index (χ3n) is 3.41. The number of fused-ring (bicyclic) bond motifs is 1. The fourth-order valence-electron chi connectivity index (χ4n) is 2.44. The summed E-state index contributed by atoms with van der Waals surface area (Å²) in [5.74, 6) is -6.19. The lowest BCUT2D eigenvalue weighted by Gasteiger charge is -2.15. The minimum atomic E-state index is -1.33. The van der Waals surface area contributed by atoms with Crippen molar-refractivity contribution in [2.45, 2.75) is 12.8 Å². The van der Waals surface area contributed by atoms with Gasteiger partial charge >= 0.3 is 11.9 Å². The Labute approximate surface area is 114 Å². The monoisotopic (exact) mass is 276 g/mol. The molecule has 1 aromatic rings. The summed E-state index contributed by atoms with van der Waals surface area (Å²) in [5.41, 5.74) is 0.424. The number of carbonyl (C=O) groups is 4. The van der Waals surface area contributed by atoms with Gasteiger partial charge in [-0.2, -0.15) is 0 Å². The van der Waals surface area contributed by atoms with Crippen molar-refractivity contribution in [1.29, 1.82) is 0 Å². The van der Waals surface area contributed by atoms with Crippen molar-refractivity contribution < 1.29 is 29.4 Å². The van der Waals surface area contributed by atoms with Crippen molar-refractivity contribution in [3.05, 3.63) is 35.4 Å². The Kier molecular flexibility index (Phi) is 3.65. The summed E-state index contributed by atoms with van der Waals surface area (Å²) in [6, 6.07) is 6.15. The van der Waals surface area contributed by atoms with Crippen LogP contribution in [0.4, 0.5) is 0 Å². The van der Waals surface area contributed by atoms with Gasteiger partial charge in [0.2, 0.25) is 0 Å². The van der Waals surface area contributed by atoms with E-state index < -0.39 is 41.8 Å². The van der Waals surface area contributed by atoms with Crippen LogP contribution in [-0.2, 0) is 9.59 Å². The lowest BCUT2D eigenvalue weighted by atomic mass is 9.85. The van der Waals surface area contributed by atoms with Gasteiger partial charge in [-0.1, -0.05) is 24.3 Å². The number of Topliss-reactive ketones (excluding diaryl/α,β-unsaturated/α-hetero) is 2. The van der Waals surface area contributed by atoms with E-state index >= 15 is 0 Å². The van der Waals surface area contributed by atoms with Gasteiger partial charge in [0.25, 0.3) is 0 Å². The van der Waals surface area contributed by atoms with E-state index in [2.05, 4.69) is 0 Å². The van der Waals surface area contributed by atoms with Crippen LogP contribution in [0.2, 0.25) is 0 Å². The molecule has 0 heterocycles. The largest absolute Gasteiger partial charge is 0.481 e. The minimum absolute atomic E-state index is 0.212. The van der Waals surface area contributed by atoms with Crippen molar-refractivity contribution in [3.8, 4) is 0 Å². The van der Waals surface area contributed by atoms with Crippen LogP contribution in [-0.4, -0.2) is 33.7 Å². The van der Waals surface area contributed by atoms with Gasteiger partial charge in [-0.05, 0) is 6.42 Å². The maximum absolute atomic E-state index is 12.2. The highest BCUT2D eigenvalue weighted by atomic mass is 16.4. The molecule has 104 valence electrons. The molecular formula is C14H12O6. The summed E-state index contributed by atoms with van der Waals surface area (Å²) < 4.78 is 0. The zero-order valence-corrected chi connectivity index (χ0v) is 10.4. The third kappa shape index (κ3) is 2.32. The van der Waals surface area contributed by atoms with Crippen molar-refractivity contribution in [2.75, 3.05) is 0 Å². The third-order valence-corrected chi connectivity index (χ3v) is 3.41. The fourth-order valence-corrected chi connectivity index (χ4v) is 2.44. The second kappa shape index (κ2) is 5.24. The molecule has 0 aromatic heterocycles. The minimum Gasteiger partial charge on any atom is -0.481 e. The predicted octanol–water partition coefficient (Wildman–Crippen LogP) is 1.25. The summed E-state index contributed by atoms with van der Waals surface area (Å²) in [4.78, 5) is 46.1. The molecule has 0 spiro atoms. The Morgan fingerprint density at radius 3 is 1.95 bits per heavy atom. The quantitative estimate of drug-likeness (QED) is 0.783. The van der Waals surface area contributed by atoms with E-state index in [1.807, 2.05) is 0 Å². The van der Waals surface area contributed by atoms with Gasteiger partial charge in [-0.15, -0.1) is 0 Å². The van der Waals surface area contributed by atoms with Crippen LogP contribution in [0.3, 0.4) is 0 Å². The number of rotatable bonds is 5. The van der Waals surface area contributed by atoms with Crippen molar-refractivity contribution in [2.24, 2.45) is 11.8 Å². The Balaban J connectivity index is 2.32. The molecule has 0 saturated heterocycles. The molecular weight excluding hydrogens is 264 g/mol. The highest BCUT2D eigenvalue weighted by Crippen LogP contribution is 2.33. The average molecular weight is 276 g/mol. The number of hydrogen-bond acceptors (Lipinski definition) is 4. The van der Waals surface area contributed by atoms with Crippen LogP contribution in [0.1, 0.15) is 33.6 Å². The van der Waals surface area contributed by atoms with Crippen LogP contribution in [0, 0.1) is 11.8 Å². The Hall–Kier alpha value is -2.50. The maximum Gasteiger partial charge on any atom is 0.307 e. The summed E-state index contributed by atoms with van der Waals surface area (Å²) >= 11 is 0. The number of ketones is 2. The highest BCUT2D eigenvalue weighted by Gasteiger charge is 2.45. The summed E-state index contributed by atoms with van der Waals surface area (Å²) in [5, 5.41) is 17.8. The van der Waals surface area contributed by atoms with E-state index in [0.29, 0.717) is 0 Å². The molecule has 1 unspecified atom stereocenters. The molecule has 2 rings (SSSR count). The van der Waals surface area contributed by atoms with Crippen LogP contribution in [0.25, 0.3) is 0 Å². The first-order chi connectivity index (χ1) is 9.43. The number of hydrogen-bond donors (Lipinski definition) is 2. The highest BCUT2D eigenvalue weighted by molar-refractivity contribution is 6.27. The molecule has 1 aromatic carbocycles. The van der Waals surface area contributed by atoms with E-state index in [0.717, 1.165) is 0 Å². The van der Waals surface area contributed by atoms with E-state index in [1.165, 1.54) is 12.1 Å². The molecule has 1 atom stereocenters. The number of carboxylic acids is 2. The Bertz CT molecular complexity index is 568. The van der Waals surface area contributed by atoms with Gasteiger partial charge in [0.05, 0.1) is 11.8 Å². The second-order valence-electron chi connectivity index (χ2n) is 4.63. The molecule has 20 heavy (non-hydrogen) atoms. The first-order valence-electron chi connectivity index (χ1n) is 6.05. The Morgan fingerprint density at radius 2 is 1.55 bits per heavy atom. The predicted molar refractivity (Wildman–Crippen MR) is 66.6 cm³/mol. The molecule has 0 aliphatic heterocycles. The lowest BCUT2D eigenvalue weighted by Crippen LogP contribution is -2.32. The lowest BCUT2D eigenvalue weighted by molar-refractivity contribution is -0.143. The molecule has 6 nitrogen and oxygen atoms in total. The summed E-state index contributed by atoms with van der Waals surface area (Å²) in [6.07, 6.45) is -0.648. The van der Waals surface area contributed by atoms with Gasteiger partial charge in [0.1, 0.15) is 0 Å². The Morgan fingerprint density at radius 1 is 1.05 bits per heavy atom. The smallest absolute Gasteiger partial charge is 0.307 e. The molecule has 0 bridgehead atoms. The zero-order valence-electron chi connectivity index (χ0n) is 10.4. The molecule has 0 fully saturated rings. The van der Waals surface area contributed by atoms with Crippen LogP contribution in [0.15, 0.2) is 24.3 Å². The number of carbonyl (C=O) groups excluding carboxylic acids is 2.